The maximum Gasteiger partial charge on any atom is 0.163 e. The summed E-state index contributed by atoms with van der Waals surface area (Å²) in [6.45, 7) is 8.19. The Bertz CT molecular complexity index is 170. The minimum atomic E-state index is -0.413. The van der Waals surface area contributed by atoms with Gasteiger partial charge < -0.3 is 9.47 Å². The number of ether oxygens (including phenoxy) is 2. The molecule has 2 nitrogen and oxygen atoms in total. The Kier molecular flexibility index (Phi) is 3.78. The van der Waals surface area contributed by atoms with E-state index in [-0.39, 0.29) is 12.2 Å². The van der Waals surface area contributed by atoms with Crippen molar-refractivity contribution in [3.05, 3.63) is 0 Å². The van der Waals surface area contributed by atoms with Crippen molar-refractivity contribution in [1.29, 1.82) is 0 Å². The third kappa shape index (κ3) is 2.93. The van der Waals surface area contributed by atoms with Crippen molar-refractivity contribution < 1.29 is 9.47 Å². The lowest BCUT2D eigenvalue weighted by Crippen LogP contribution is -2.29. The highest BCUT2D eigenvalue weighted by Crippen LogP contribution is 2.33. The van der Waals surface area contributed by atoms with Gasteiger partial charge in [-0.3, -0.25) is 0 Å². The third-order valence-electron chi connectivity index (χ3n) is 2.27. The number of alkyl halides is 1. The van der Waals surface area contributed by atoms with E-state index in [1.807, 2.05) is 13.8 Å². The average molecular weight is 251 g/mol. The van der Waals surface area contributed by atoms with Gasteiger partial charge >= 0.3 is 0 Å². The number of rotatable bonds is 3. The van der Waals surface area contributed by atoms with Crippen molar-refractivity contribution in [1.82, 2.24) is 0 Å². The Balaban J connectivity index is 2.52. The standard InChI is InChI=1S/C10H19BrO2/c1-5-6-8(11)9-7(2)12-10(3,4)13-9/h7-9H,5-6H2,1-4H3/t7-,8-,9+/m1/s1. The summed E-state index contributed by atoms with van der Waals surface area (Å²) < 4.78 is 11.5. The van der Waals surface area contributed by atoms with Crippen LogP contribution in [0.5, 0.6) is 0 Å². The van der Waals surface area contributed by atoms with Gasteiger partial charge in [0.25, 0.3) is 0 Å². The molecule has 1 rings (SSSR count). The van der Waals surface area contributed by atoms with Crippen LogP contribution in [0.25, 0.3) is 0 Å². The van der Waals surface area contributed by atoms with Crippen molar-refractivity contribution in [3.63, 3.8) is 0 Å². The lowest BCUT2D eigenvalue weighted by Gasteiger charge is -2.20. The predicted octanol–water partition coefficient (Wildman–Crippen LogP) is 3.09. The van der Waals surface area contributed by atoms with Gasteiger partial charge in [-0.25, -0.2) is 0 Å². The molecular formula is C10H19BrO2. The molecule has 0 aromatic carbocycles. The van der Waals surface area contributed by atoms with Gasteiger partial charge in [0.15, 0.2) is 5.79 Å². The van der Waals surface area contributed by atoms with Gasteiger partial charge in [0, 0.05) is 4.83 Å². The van der Waals surface area contributed by atoms with E-state index < -0.39 is 5.79 Å². The summed E-state index contributed by atoms with van der Waals surface area (Å²) in [6, 6.07) is 0. The maximum absolute atomic E-state index is 5.81. The van der Waals surface area contributed by atoms with Gasteiger partial charge in [-0.1, -0.05) is 29.3 Å². The Morgan fingerprint density at radius 1 is 1.38 bits per heavy atom. The first-order valence-corrected chi connectivity index (χ1v) is 5.87. The molecule has 1 saturated heterocycles. The summed E-state index contributed by atoms with van der Waals surface area (Å²) in [6.07, 6.45) is 2.68. The molecule has 3 heteroatoms. The van der Waals surface area contributed by atoms with Crippen LogP contribution in [0.2, 0.25) is 0 Å². The number of hydrogen-bond acceptors (Lipinski definition) is 2. The van der Waals surface area contributed by atoms with Crippen LogP contribution in [-0.2, 0) is 9.47 Å². The van der Waals surface area contributed by atoms with Gasteiger partial charge in [-0.2, -0.15) is 0 Å². The van der Waals surface area contributed by atoms with Crippen molar-refractivity contribution in [2.75, 3.05) is 0 Å². The summed E-state index contributed by atoms with van der Waals surface area (Å²) in [5, 5.41) is 0. The van der Waals surface area contributed by atoms with E-state index in [1.54, 1.807) is 0 Å². The first-order valence-electron chi connectivity index (χ1n) is 4.96. The summed E-state index contributed by atoms with van der Waals surface area (Å²) in [5.74, 6) is -0.413. The van der Waals surface area contributed by atoms with Crippen LogP contribution >= 0.6 is 15.9 Å². The minimum Gasteiger partial charge on any atom is -0.345 e. The fourth-order valence-corrected chi connectivity index (χ4v) is 2.77. The summed E-state index contributed by atoms with van der Waals surface area (Å²) >= 11 is 3.65. The van der Waals surface area contributed by atoms with Crippen LogP contribution in [0.3, 0.4) is 0 Å². The molecule has 3 atom stereocenters. The summed E-state index contributed by atoms with van der Waals surface area (Å²) in [5.41, 5.74) is 0. The maximum atomic E-state index is 5.81. The molecule has 1 aliphatic rings. The van der Waals surface area contributed by atoms with Crippen LogP contribution in [0.1, 0.15) is 40.5 Å². The van der Waals surface area contributed by atoms with Gasteiger partial charge in [0.2, 0.25) is 0 Å². The van der Waals surface area contributed by atoms with E-state index in [1.165, 1.54) is 6.42 Å². The van der Waals surface area contributed by atoms with E-state index in [4.69, 9.17) is 9.47 Å². The highest BCUT2D eigenvalue weighted by molar-refractivity contribution is 9.09. The SMILES string of the molecule is CCC[C@@H](Br)[C@H]1OC(C)(C)O[C@@H]1C. The molecule has 0 aliphatic carbocycles. The molecule has 78 valence electrons. The van der Waals surface area contributed by atoms with Crippen molar-refractivity contribution in [2.45, 2.75) is 63.4 Å². The van der Waals surface area contributed by atoms with Crippen molar-refractivity contribution in [2.24, 2.45) is 0 Å². The molecule has 0 aromatic rings. The zero-order valence-corrected chi connectivity index (χ0v) is 10.4. The number of hydrogen-bond donors (Lipinski definition) is 0. The normalized spacial score (nSPS) is 34.8. The van der Waals surface area contributed by atoms with E-state index in [2.05, 4.69) is 29.8 Å². The Morgan fingerprint density at radius 2 is 2.00 bits per heavy atom. The molecule has 0 unspecified atom stereocenters. The molecule has 0 aromatic heterocycles. The van der Waals surface area contributed by atoms with E-state index in [0.717, 1.165) is 6.42 Å². The number of halogens is 1. The molecule has 13 heavy (non-hydrogen) atoms. The predicted molar refractivity (Wildman–Crippen MR) is 57.1 cm³/mol. The van der Waals surface area contributed by atoms with Crippen molar-refractivity contribution in [3.8, 4) is 0 Å². The molecular weight excluding hydrogens is 232 g/mol. The summed E-state index contributed by atoms with van der Waals surface area (Å²) in [7, 11) is 0. The fourth-order valence-electron chi connectivity index (χ4n) is 1.77. The van der Waals surface area contributed by atoms with Gasteiger partial charge in [0.05, 0.1) is 12.2 Å². The van der Waals surface area contributed by atoms with Crippen LogP contribution in [0.15, 0.2) is 0 Å². The highest BCUT2D eigenvalue weighted by Gasteiger charge is 2.41. The molecule has 0 radical (unpaired) electrons. The second-order valence-electron chi connectivity index (χ2n) is 4.11. The lowest BCUT2D eigenvalue weighted by molar-refractivity contribution is -0.144. The van der Waals surface area contributed by atoms with Crippen LogP contribution in [-0.4, -0.2) is 22.8 Å². The molecule has 0 bridgehead atoms. The van der Waals surface area contributed by atoms with Gasteiger partial charge in [-0.05, 0) is 27.2 Å². The van der Waals surface area contributed by atoms with Crippen LogP contribution in [0.4, 0.5) is 0 Å². The fraction of sp³-hybridized carbons (Fsp3) is 1.00. The average Bonchev–Trinajstić information content (AvgIpc) is 2.25. The zero-order chi connectivity index (χ0) is 10.1. The molecule has 0 spiro atoms. The van der Waals surface area contributed by atoms with E-state index >= 15 is 0 Å². The van der Waals surface area contributed by atoms with E-state index in [9.17, 15) is 0 Å². The van der Waals surface area contributed by atoms with Gasteiger partial charge in [0.1, 0.15) is 0 Å². The quantitative estimate of drug-likeness (QED) is 0.717. The van der Waals surface area contributed by atoms with E-state index in [0.29, 0.717) is 4.83 Å². The minimum absolute atomic E-state index is 0.186. The molecule has 1 fully saturated rings. The van der Waals surface area contributed by atoms with Crippen LogP contribution < -0.4 is 0 Å². The molecule has 0 N–H and O–H groups in total. The summed E-state index contributed by atoms with van der Waals surface area (Å²) in [4.78, 5) is 0.411. The van der Waals surface area contributed by atoms with Gasteiger partial charge in [-0.15, -0.1) is 0 Å². The second-order valence-corrected chi connectivity index (χ2v) is 5.29. The molecule has 1 aliphatic heterocycles. The molecule has 0 saturated carbocycles. The Morgan fingerprint density at radius 3 is 2.38 bits per heavy atom. The lowest BCUT2D eigenvalue weighted by atomic mass is 10.1. The zero-order valence-electron chi connectivity index (χ0n) is 8.84. The monoisotopic (exact) mass is 250 g/mol. The smallest absolute Gasteiger partial charge is 0.163 e. The molecule has 0 amide bonds. The third-order valence-corrected chi connectivity index (χ3v) is 3.25. The van der Waals surface area contributed by atoms with Crippen LogP contribution in [0, 0.1) is 0 Å². The molecule has 1 heterocycles. The topological polar surface area (TPSA) is 18.5 Å². The Labute approximate surface area is 89.1 Å². The van der Waals surface area contributed by atoms with Crippen molar-refractivity contribution >= 4 is 15.9 Å². The Hall–Kier alpha value is 0.400. The largest absolute Gasteiger partial charge is 0.345 e. The second kappa shape index (κ2) is 4.28. The highest BCUT2D eigenvalue weighted by atomic mass is 79.9. The first-order chi connectivity index (χ1) is 5.96. The first kappa shape index (κ1) is 11.5.